The van der Waals surface area contributed by atoms with Gasteiger partial charge in [0.25, 0.3) is 0 Å². The van der Waals surface area contributed by atoms with Gasteiger partial charge in [-0.15, -0.1) is 0 Å². The van der Waals surface area contributed by atoms with E-state index in [4.69, 9.17) is 9.47 Å². The van der Waals surface area contributed by atoms with E-state index in [0.717, 1.165) is 35.1 Å². The SMILES string of the molecule is CCOC(=O)c1c(C)c2c(c(C)c1C(=O)OCC)Cc1c(c(C)c3ccccc3c1C)C2. The summed E-state index contributed by atoms with van der Waals surface area (Å²) in [4.78, 5) is 25.9. The molecular formula is C28H30O4. The summed E-state index contributed by atoms with van der Waals surface area (Å²) in [6, 6.07) is 8.52. The van der Waals surface area contributed by atoms with Gasteiger partial charge in [0.1, 0.15) is 0 Å². The van der Waals surface area contributed by atoms with Gasteiger partial charge in [-0.3, -0.25) is 0 Å². The van der Waals surface area contributed by atoms with Gasteiger partial charge in [-0.25, -0.2) is 9.59 Å². The zero-order chi connectivity index (χ0) is 23.2. The van der Waals surface area contributed by atoms with Gasteiger partial charge in [-0.05, 0) is 110 Å². The molecule has 4 rings (SSSR count). The van der Waals surface area contributed by atoms with Crippen molar-refractivity contribution in [2.24, 2.45) is 0 Å². The number of hydrogen-bond donors (Lipinski definition) is 0. The van der Waals surface area contributed by atoms with Gasteiger partial charge >= 0.3 is 11.9 Å². The predicted octanol–water partition coefficient (Wildman–Crippen LogP) is 5.92. The Labute approximate surface area is 189 Å². The van der Waals surface area contributed by atoms with Crippen LogP contribution in [0.4, 0.5) is 0 Å². The molecule has 3 aromatic carbocycles. The fourth-order valence-electron chi connectivity index (χ4n) is 5.27. The molecule has 0 aliphatic heterocycles. The van der Waals surface area contributed by atoms with Crippen molar-refractivity contribution in [2.45, 2.75) is 54.4 Å². The highest BCUT2D eigenvalue weighted by atomic mass is 16.5. The number of hydrogen-bond acceptors (Lipinski definition) is 4. The van der Waals surface area contributed by atoms with E-state index in [9.17, 15) is 9.59 Å². The Morgan fingerprint density at radius 1 is 0.656 bits per heavy atom. The smallest absolute Gasteiger partial charge is 0.339 e. The average Bonchev–Trinajstić information content (AvgIpc) is 2.79. The molecule has 166 valence electrons. The second kappa shape index (κ2) is 8.42. The molecule has 0 fully saturated rings. The Balaban J connectivity index is 2.00. The molecular weight excluding hydrogens is 400 g/mol. The fraction of sp³-hybridized carbons (Fsp3) is 0.357. The van der Waals surface area contributed by atoms with Crippen LogP contribution in [0.2, 0.25) is 0 Å². The first-order valence-electron chi connectivity index (χ1n) is 11.3. The van der Waals surface area contributed by atoms with Crippen molar-refractivity contribution >= 4 is 22.7 Å². The van der Waals surface area contributed by atoms with Crippen molar-refractivity contribution in [1.82, 2.24) is 0 Å². The first-order chi connectivity index (χ1) is 15.3. The molecule has 0 amide bonds. The first-order valence-corrected chi connectivity index (χ1v) is 11.3. The monoisotopic (exact) mass is 430 g/mol. The van der Waals surface area contributed by atoms with Gasteiger partial charge in [0.2, 0.25) is 0 Å². The topological polar surface area (TPSA) is 52.6 Å². The van der Waals surface area contributed by atoms with Gasteiger partial charge in [0.15, 0.2) is 0 Å². The average molecular weight is 431 g/mol. The van der Waals surface area contributed by atoms with Gasteiger partial charge < -0.3 is 9.47 Å². The lowest BCUT2D eigenvalue weighted by Gasteiger charge is -2.30. The van der Waals surface area contributed by atoms with Crippen LogP contribution in [0.25, 0.3) is 10.8 Å². The van der Waals surface area contributed by atoms with E-state index in [1.165, 1.54) is 33.0 Å². The molecule has 4 nitrogen and oxygen atoms in total. The normalized spacial score (nSPS) is 12.3. The zero-order valence-electron chi connectivity index (χ0n) is 19.8. The third-order valence-corrected chi connectivity index (χ3v) is 6.94. The number of aryl methyl sites for hydroxylation is 2. The van der Waals surface area contributed by atoms with Crippen LogP contribution < -0.4 is 0 Å². The molecule has 0 saturated carbocycles. The molecule has 0 heterocycles. The Kier molecular flexibility index (Phi) is 5.81. The Morgan fingerprint density at radius 3 is 1.34 bits per heavy atom. The van der Waals surface area contributed by atoms with Crippen LogP contribution in [-0.4, -0.2) is 25.2 Å². The number of ether oxygens (including phenoxy) is 2. The summed E-state index contributed by atoms with van der Waals surface area (Å²) in [5.41, 5.74) is 9.83. The van der Waals surface area contributed by atoms with E-state index in [-0.39, 0.29) is 13.2 Å². The molecule has 0 aromatic heterocycles. The fourth-order valence-corrected chi connectivity index (χ4v) is 5.27. The summed E-state index contributed by atoms with van der Waals surface area (Å²) < 4.78 is 10.7. The van der Waals surface area contributed by atoms with Crippen molar-refractivity contribution < 1.29 is 19.1 Å². The number of esters is 2. The number of carbonyl (C=O) groups excluding carboxylic acids is 2. The maximum atomic E-state index is 12.9. The quantitative estimate of drug-likeness (QED) is 0.377. The molecule has 1 aliphatic carbocycles. The molecule has 0 radical (unpaired) electrons. The lowest BCUT2D eigenvalue weighted by Crippen LogP contribution is -2.23. The van der Waals surface area contributed by atoms with Gasteiger partial charge in [0.05, 0.1) is 24.3 Å². The van der Waals surface area contributed by atoms with E-state index in [0.29, 0.717) is 11.1 Å². The maximum Gasteiger partial charge on any atom is 0.339 e. The van der Waals surface area contributed by atoms with Crippen molar-refractivity contribution in [3.05, 3.63) is 79.9 Å². The Bertz CT molecular complexity index is 1170. The minimum Gasteiger partial charge on any atom is -0.462 e. The maximum absolute atomic E-state index is 12.9. The van der Waals surface area contributed by atoms with Crippen LogP contribution in [0.1, 0.15) is 79.1 Å². The van der Waals surface area contributed by atoms with Crippen LogP contribution >= 0.6 is 0 Å². The third-order valence-electron chi connectivity index (χ3n) is 6.94. The largest absolute Gasteiger partial charge is 0.462 e. The standard InChI is InChI=1S/C28H30O4/c1-7-31-27(29)25-17(5)23-13-21-15(3)19-11-9-10-12-20(19)16(4)22(21)14-24(23)18(6)26(25)28(30)32-8-2/h9-12H,7-8,13-14H2,1-6H3. The summed E-state index contributed by atoms with van der Waals surface area (Å²) >= 11 is 0. The second-order valence-corrected chi connectivity index (χ2v) is 8.50. The molecule has 32 heavy (non-hydrogen) atoms. The number of rotatable bonds is 4. The molecule has 0 saturated heterocycles. The van der Waals surface area contributed by atoms with Gasteiger partial charge in [-0.2, -0.15) is 0 Å². The molecule has 0 bridgehead atoms. The van der Waals surface area contributed by atoms with E-state index < -0.39 is 11.9 Å². The van der Waals surface area contributed by atoms with E-state index in [1.54, 1.807) is 13.8 Å². The van der Waals surface area contributed by atoms with Crippen molar-refractivity contribution in [3.8, 4) is 0 Å². The number of benzene rings is 3. The van der Waals surface area contributed by atoms with Crippen LogP contribution in [0.3, 0.4) is 0 Å². The molecule has 0 unspecified atom stereocenters. The highest BCUT2D eigenvalue weighted by Gasteiger charge is 2.32. The van der Waals surface area contributed by atoms with Gasteiger partial charge in [-0.1, -0.05) is 24.3 Å². The number of fused-ring (bicyclic) bond motifs is 3. The van der Waals surface area contributed by atoms with Crippen molar-refractivity contribution in [1.29, 1.82) is 0 Å². The summed E-state index contributed by atoms with van der Waals surface area (Å²) in [7, 11) is 0. The minimum absolute atomic E-state index is 0.254. The molecule has 1 aliphatic rings. The number of carbonyl (C=O) groups is 2. The van der Waals surface area contributed by atoms with E-state index >= 15 is 0 Å². The van der Waals surface area contributed by atoms with Crippen LogP contribution in [-0.2, 0) is 22.3 Å². The zero-order valence-corrected chi connectivity index (χ0v) is 19.8. The Morgan fingerprint density at radius 2 is 1.00 bits per heavy atom. The molecule has 3 aromatic rings. The molecule has 0 spiro atoms. The summed E-state index contributed by atoms with van der Waals surface area (Å²) in [6.07, 6.45) is 1.48. The molecule has 4 heteroatoms. The lowest BCUT2D eigenvalue weighted by atomic mass is 9.74. The van der Waals surface area contributed by atoms with Crippen molar-refractivity contribution in [2.75, 3.05) is 13.2 Å². The predicted molar refractivity (Wildman–Crippen MR) is 127 cm³/mol. The third kappa shape index (κ3) is 3.29. The van der Waals surface area contributed by atoms with Crippen molar-refractivity contribution in [3.63, 3.8) is 0 Å². The van der Waals surface area contributed by atoms with Crippen LogP contribution in [0, 0.1) is 27.7 Å². The lowest BCUT2D eigenvalue weighted by molar-refractivity contribution is 0.0477. The molecule has 0 N–H and O–H groups in total. The highest BCUT2D eigenvalue weighted by molar-refractivity contribution is 6.06. The summed E-state index contributed by atoms with van der Waals surface area (Å²) in [5, 5.41) is 2.55. The first kappa shape index (κ1) is 22.1. The van der Waals surface area contributed by atoms with Crippen LogP contribution in [0.5, 0.6) is 0 Å². The minimum atomic E-state index is -0.462. The van der Waals surface area contributed by atoms with Crippen LogP contribution in [0.15, 0.2) is 24.3 Å². The molecule has 0 atom stereocenters. The van der Waals surface area contributed by atoms with E-state index in [2.05, 4.69) is 38.1 Å². The highest BCUT2D eigenvalue weighted by Crippen LogP contribution is 2.41. The van der Waals surface area contributed by atoms with Gasteiger partial charge in [0, 0.05) is 0 Å². The summed E-state index contributed by atoms with van der Waals surface area (Å²) in [5.74, 6) is -0.924. The van der Waals surface area contributed by atoms with E-state index in [1.807, 2.05) is 13.8 Å². The second-order valence-electron chi connectivity index (χ2n) is 8.50. The summed E-state index contributed by atoms with van der Waals surface area (Å²) in [6.45, 7) is 12.3. The Hall–Kier alpha value is -3.14.